The number of carbonyl (C=O) groups is 1. The van der Waals surface area contributed by atoms with E-state index in [2.05, 4.69) is 10.4 Å². The maximum Gasteiger partial charge on any atom is 0.280 e. The van der Waals surface area contributed by atoms with Gasteiger partial charge in [0, 0.05) is 5.69 Å². The Labute approximate surface area is 121 Å². The molecule has 0 spiro atoms. The highest BCUT2D eigenvalue weighted by atomic mass is 19.3. The third kappa shape index (κ3) is 3.45. The molecule has 0 aliphatic heterocycles. The zero-order valence-electron chi connectivity index (χ0n) is 12.2. The van der Waals surface area contributed by atoms with Crippen molar-refractivity contribution in [3.63, 3.8) is 0 Å². The molecule has 0 bridgehead atoms. The summed E-state index contributed by atoms with van der Waals surface area (Å²) < 4.78 is 26.8. The Morgan fingerprint density at radius 3 is 2.48 bits per heavy atom. The highest BCUT2D eigenvalue weighted by molar-refractivity contribution is 5.92. The molecule has 1 amide bonds. The molecule has 0 fully saturated rings. The molecular weight excluding hydrogens is 276 g/mol. The topological polar surface area (TPSA) is 46.9 Å². The predicted molar refractivity (Wildman–Crippen MR) is 76.5 cm³/mol. The molecule has 0 atom stereocenters. The number of hydrogen-bond donors (Lipinski definition) is 1. The minimum Gasteiger partial charge on any atom is -0.324 e. The van der Waals surface area contributed by atoms with Gasteiger partial charge in [-0.05, 0) is 38.0 Å². The van der Waals surface area contributed by atoms with Gasteiger partial charge in [-0.15, -0.1) is 0 Å². The fraction of sp³-hybridized carbons (Fsp3) is 0.333. The van der Waals surface area contributed by atoms with E-state index >= 15 is 0 Å². The summed E-state index contributed by atoms with van der Waals surface area (Å²) in [7, 11) is 0. The van der Waals surface area contributed by atoms with Crippen LogP contribution in [0.1, 0.15) is 28.9 Å². The van der Waals surface area contributed by atoms with Crippen molar-refractivity contribution in [1.82, 2.24) is 9.78 Å². The number of anilines is 1. The van der Waals surface area contributed by atoms with Crippen LogP contribution in [0.25, 0.3) is 0 Å². The van der Waals surface area contributed by atoms with E-state index in [0.29, 0.717) is 11.4 Å². The lowest BCUT2D eigenvalue weighted by Gasteiger charge is -2.12. The summed E-state index contributed by atoms with van der Waals surface area (Å²) in [6.45, 7) is 5.14. The maximum absolute atomic E-state index is 12.9. The minimum atomic E-state index is -2.65. The molecule has 0 saturated carbocycles. The predicted octanol–water partition coefficient (Wildman–Crippen LogP) is 3.38. The van der Waals surface area contributed by atoms with Crippen molar-refractivity contribution in [2.75, 3.05) is 5.32 Å². The molecule has 1 aromatic heterocycles. The molecular formula is C15H17F2N3O. The first-order chi connectivity index (χ1) is 9.88. The summed E-state index contributed by atoms with van der Waals surface area (Å²) in [6.07, 6.45) is -2.65. The maximum atomic E-state index is 12.9. The lowest BCUT2D eigenvalue weighted by molar-refractivity contribution is -0.117. The Bertz CT molecular complexity index is 645. The smallest absolute Gasteiger partial charge is 0.280 e. The number of amides is 1. The van der Waals surface area contributed by atoms with E-state index in [1.54, 1.807) is 6.92 Å². The van der Waals surface area contributed by atoms with E-state index in [0.717, 1.165) is 15.8 Å². The number of para-hydroxylation sites is 1. The van der Waals surface area contributed by atoms with Crippen LogP contribution in [0.4, 0.5) is 14.5 Å². The Morgan fingerprint density at radius 2 is 1.90 bits per heavy atom. The summed E-state index contributed by atoms with van der Waals surface area (Å²) in [5.41, 5.74) is 2.78. The molecule has 1 aromatic carbocycles. The van der Waals surface area contributed by atoms with Crippen LogP contribution in [-0.2, 0) is 11.3 Å². The van der Waals surface area contributed by atoms with Crippen molar-refractivity contribution in [3.05, 3.63) is 46.8 Å². The van der Waals surface area contributed by atoms with E-state index in [1.165, 1.54) is 6.07 Å². The van der Waals surface area contributed by atoms with Gasteiger partial charge in [0.15, 0.2) is 0 Å². The number of halogens is 2. The van der Waals surface area contributed by atoms with Crippen molar-refractivity contribution in [2.24, 2.45) is 0 Å². The number of aryl methyl sites for hydroxylation is 3. The second-order valence-corrected chi connectivity index (χ2v) is 4.98. The summed E-state index contributed by atoms with van der Waals surface area (Å²) in [4.78, 5) is 12.1. The monoisotopic (exact) mass is 293 g/mol. The summed E-state index contributed by atoms with van der Waals surface area (Å²) >= 11 is 0. The molecule has 0 aliphatic rings. The SMILES string of the molecule is Cc1cc(C(F)F)n(CC(=O)Nc2c(C)cccc2C)n1. The van der Waals surface area contributed by atoms with Crippen LogP contribution < -0.4 is 5.32 Å². The Morgan fingerprint density at radius 1 is 1.29 bits per heavy atom. The first kappa shape index (κ1) is 15.2. The summed E-state index contributed by atoms with van der Waals surface area (Å²) in [6, 6.07) is 6.94. The number of aromatic nitrogens is 2. The molecule has 2 rings (SSSR count). The first-order valence-corrected chi connectivity index (χ1v) is 6.57. The fourth-order valence-electron chi connectivity index (χ4n) is 2.19. The molecule has 21 heavy (non-hydrogen) atoms. The molecule has 0 aliphatic carbocycles. The van der Waals surface area contributed by atoms with Crippen LogP contribution in [0.2, 0.25) is 0 Å². The Balaban J connectivity index is 2.16. The molecule has 112 valence electrons. The van der Waals surface area contributed by atoms with Gasteiger partial charge in [0.25, 0.3) is 6.43 Å². The van der Waals surface area contributed by atoms with Gasteiger partial charge in [0.1, 0.15) is 12.2 Å². The molecule has 2 aromatic rings. The van der Waals surface area contributed by atoms with Gasteiger partial charge in [-0.1, -0.05) is 18.2 Å². The third-order valence-corrected chi connectivity index (χ3v) is 3.20. The number of benzene rings is 1. The average Bonchev–Trinajstić information content (AvgIpc) is 2.75. The molecule has 4 nitrogen and oxygen atoms in total. The Hall–Kier alpha value is -2.24. The van der Waals surface area contributed by atoms with Gasteiger partial charge in [0.2, 0.25) is 5.91 Å². The molecule has 1 heterocycles. The quantitative estimate of drug-likeness (QED) is 0.939. The van der Waals surface area contributed by atoms with Gasteiger partial charge in [-0.3, -0.25) is 9.48 Å². The van der Waals surface area contributed by atoms with E-state index < -0.39 is 6.43 Å². The van der Waals surface area contributed by atoms with Crippen LogP contribution in [0.3, 0.4) is 0 Å². The largest absolute Gasteiger partial charge is 0.324 e. The van der Waals surface area contributed by atoms with Crippen LogP contribution in [0, 0.1) is 20.8 Å². The first-order valence-electron chi connectivity index (χ1n) is 6.57. The number of carbonyl (C=O) groups excluding carboxylic acids is 1. The molecule has 0 saturated heterocycles. The van der Waals surface area contributed by atoms with Gasteiger partial charge in [-0.25, -0.2) is 8.78 Å². The average molecular weight is 293 g/mol. The standard InChI is InChI=1S/C15H17F2N3O/c1-9-5-4-6-10(2)14(9)18-13(21)8-20-12(15(16)17)7-11(3)19-20/h4-7,15H,8H2,1-3H3,(H,18,21). The lowest BCUT2D eigenvalue weighted by atomic mass is 10.1. The van der Waals surface area contributed by atoms with Gasteiger partial charge in [-0.2, -0.15) is 5.10 Å². The summed E-state index contributed by atoms with van der Waals surface area (Å²) in [5.74, 6) is -0.377. The molecule has 0 radical (unpaired) electrons. The highest BCUT2D eigenvalue weighted by Crippen LogP contribution is 2.21. The zero-order valence-corrected chi connectivity index (χ0v) is 12.2. The molecule has 6 heteroatoms. The van der Waals surface area contributed by atoms with Gasteiger partial charge >= 0.3 is 0 Å². The van der Waals surface area contributed by atoms with E-state index in [1.807, 2.05) is 32.0 Å². The van der Waals surface area contributed by atoms with Crippen LogP contribution in [-0.4, -0.2) is 15.7 Å². The zero-order chi connectivity index (χ0) is 15.6. The lowest BCUT2D eigenvalue weighted by Crippen LogP contribution is -2.22. The fourth-order valence-corrected chi connectivity index (χ4v) is 2.19. The van der Waals surface area contributed by atoms with E-state index in [4.69, 9.17) is 0 Å². The van der Waals surface area contributed by atoms with Crippen molar-refractivity contribution in [1.29, 1.82) is 0 Å². The van der Waals surface area contributed by atoms with Crippen LogP contribution in [0.5, 0.6) is 0 Å². The van der Waals surface area contributed by atoms with Crippen LogP contribution in [0.15, 0.2) is 24.3 Å². The number of alkyl halides is 2. The Kier molecular flexibility index (Phi) is 4.35. The number of rotatable bonds is 4. The van der Waals surface area contributed by atoms with Crippen molar-refractivity contribution >= 4 is 11.6 Å². The molecule has 1 N–H and O–H groups in total. The van der Waals surface area contributed by atoms with Crippen molar-refractivity contribution in [3.8, 4) is 0 Å². The number of hydrogen-bond acceptors (Lipinski definition) is 2. The van der Waals surface area contributed by atoms with Crippen molar-refractivity contribution in [2.45, 2.75) is 33.7 Å². The highest BCUT2D eigenvalue weighted by Gasteiger charge is 2.17. The number of nitrogens with one attached hydrogen (secondary N) is 1. The van der Waals surface area contributed by atoms with Gasteiger partial charge in [0.05, 0.1) is 5.69 Å². The second-order valence-electron chi connectivity index (χ2n) is 4.98. The van der Waals surface area contributed by atoms with Crippen LogP contribution >= 0.6 is 0 Å². The van der Waals surface area contributed by atoms with E-state index in [-0.39, 0.29) is 18.1 Å². The third-order valence-electron chi connectivity index (χ3n) is 3.20. The number of nitrogens with zero attached hydrogens (tertiary/aromatic N) is 2. The van der Waals surface area contributed by atoms with Gasteiger partial charge < -0.3 is 5.32 Å². The minimum absolute atomic E-state index is 0.235. The van der Waals surface area contributed by atoms with E-state index in [9.17, 15) is 13.6 Å². The van der Waals surface area contributed by atoms with Crippen molar-refractivity contribution < 1.29 is 13.6 Å². The normalized spacial score (nSPS) is 11.0. The molecule has 0 unspecified atom stereocenters. The summed E-state index contributed by atoms with van der Waals surface area (Å²) in [5, 5.41) is 6.69. The second kappa shape index (κ2) is 6.03.